The third kappa shape index (κ3) is 2.42. The molecule has 0 aliphatic heterocycles. The number of carbonyl (C=O) groups is 1. The Kier molecular flexibility index (Phi) is 3.18. The van der Waals surface area contributed by atoms with Gasteiger partial charge in [-0.15, -0.1) is 10.2 Å². The Morgan fingerprint density at radius 2 is 2.28 bits per heavy atom. The van der Waals surface area contributed by atoms with Crippen molar-refractivity contribution in [2.75, 3.05) is 0 Å². The summed E-state index contributed by atoms with van der Waals surface area (Å²) in [6.45, 7) is 3.44. The highest BCUT2D eigenvalue weighted by Gasteiger charge is 2.16. The first-order valence-corrected chi connectivity index (χ1v) is 5.31. The number of hydrogen-bond acceptors (Lipinski definition) is 5. The van der Waals surface area contributed by atoms with Crippen LogP contribution in [0.15, 0.2) is 17.1 Å². The molecule has 2 heterocycles. The molecule has 0 aliphatic carbocycles. The van der Waals surface area contributed by atoms with Gasteiger partial charge in [0.2, 0.25) is 0 Å². The average Bonchev–Trinajstić information content (AvgIpc) is 2.81. The third-order valence-electron chi connectivity index (χ3n) is 2.40. The molecular weight excluding hydrogens is 236 g/mol. The lowest BCUT2D eigenvalue weighted by Gasteiger charge is -2.09. The summed E-state index contributed by atoms with van der Waals surface area (Å²) in [7, 11) is 0. The zero-order valence-corrected chi connectivity index (χ0v) is 9.89. The fourth-order valence-electron chi connectivity index (χ4n) is 1.44. The first-order valence-electron chi connectivity index (χ1n) is 5.31. The lowest BCUT2D eigenvalue weighted by atomic mass is 10.2. The van der Waals surface area contributed by atoms with Gasteiger partial charge in [0.1, 0.15) is 5.56 Å². The highest BCUT2D eigenvalue weighted by atomic mass is 16.2. The number of aromatic nitrogens is 5. The van der Waals surface area contributed by atoms with Gasteiger partial charge in [-0.25, -0.2) is 0 Å². The quantitative estimate of drug-likeness (QED) is 0.688. The van der Waals surface area contributed by atoms with Gasteiger partial charge in [0.25, 0.3) is 5.91 Å². The van der Waals surface area contributed by atoms with Crippen LogP contribution in [-0.2, 0) is 0 Å². The van der Waals surface area contributed by atoms with E-state index in [4.69, 9.17) is 0 Å². The Morgan fingerprint density at radius 1 is 1.50 bits per heavy atom. The van der Waals surface area contributed by atoms with Crippen molar-refractivity contribution in [2.45, 2.75) is 19.9 Å². The Balaban J connectivity index is 2.15. The summed E-state index contributed by atoms with van der Waals surface area (Å²) < 4.78 is 0. The Hall–Kier alpha value is -2.51. The lowest BCUT2D eigenvalue weighted by Crippen LogP contribution is -2.31. The SMILES string of the molecule is Cc1cc(=O)c(C(=O)NC(C)c2nn[nH]n2)c[nH]1. The average molecular weight is 248 g/mol. The van der Waals surface area contributed by atoms with E-state index in [1.54, 1.807) is 13.8 Å². The third-order valence-corrected chi connectivity index (χ3v) is 2.40. The van der Waals surface area contributed by atoms with Crippen molar-refractivity contribution in [3.8, 4) is 0 Å². The summed E-state index contributed by atoms with van der Waals surface area (Å²) in [5, 5.41) is 15.8. The van der Waals surface area contributed by atoms with E-state index in [-0.39, 0.29) is 11.0 Å². The van der Waals surface area contributed by atoms with Crippen LogP contribution in [0.5, 0.6) is 0 Å². The first-order chi connectivity index (χ1) is 8.58. The molecule has 3 N–H and O–H groups in total. The molecule has 0 bridgehead atoms. The number of carbonyl (C=O) groups excluding carboxylic acids is 1. The van der Waals surface area contributed by atoms with Gasteiger partial charge in [0.05, 0.1) is 6.04 Å². The van der Waals surface area contributed by atoms with Gasteiger partial charge in [-0.3, -0.25) is 9.59 Å². The first kappa shape index (κ1) is 12.0. The van der Waals surface area contributed by atoms with E-state index in [1.165, 1.54) is 12.3 Å². The van der Waals surface area contributed by atoms with Crippen LogP contribution >= 0.6 is 0 Å². The van der Waals surface area contributed by atoms with Crippen LogP contribution in [-0.4, -0.2) is 31.5 Å². The summed E-state index contributed by atoms with van der Waals surface area (Å²) in [6, 6.07) is 0.936. The fourth-order valence-corrected chi connectivity index (χ4v) is 1.44. The number of amides is 1. The van der Waals surface area contributed by atoms with Gasteiger partial charge in [0, 0.05) is 18.0 Å². The Morgan fingerprint density at radius 3 is 2.89 bits per heavy atom. The van der Waals surface area contributed by atoms with Gasteiger partial charge in [-0.2, -0.15) is 5.21 Å². The van der Waals surface area contributed by atoms with E-state index in [9.17, 15) is 9.59 Å². The lowest BCUT2D eigenvalue weighted by molar-refractivity contribution is 0.0937. The molecule has 2 rings (SSSR count). The van der Waals surface area contributed by atoms with Crippen molar-refractivity contribution in [3.63, 3.8) is 0 Å². The highest BCUT2D eigenvalue weighted by Crippen LogP contribution is 2.04. The number of H-pyrrole nitrogens is 2. The standard InChI is InChI=1S/C10H12N6O2/c1-5-3-8(17)7(4-11-5)10(18)12-6(2)9-13-15-16-14-9/h3-4,6H,1-2H3,(H,11,17)(H,12,18)(H,13,14,15,16). The monoisotopic (exact) mass is 248 g/mol. The van der Waals surface area contributed by atoms with Crippen LogP contribution in [0.25, 0.3) is 0 Å². The number of nitrogens with zero attached hydrogens (tertiary/aromatic N) is 3. The van der Waals surface area contributed by atoms with Crippen molar-refractivity contribution < 1.29 is 4.79 Å². The molecule has 1 atom stereocenters. The molecule has 0 saturated carbocycles. The summed E-state index contributed by atoms with van der Waals surface area (Å²) in [4.78, 5) is 26.3. The van der Waals surface area contributed by atoms with E-state index >= 15 is 0 Å². The maximum atomic E-state index is 11.9. The normalized spacial score (nSPS) is 12.1. The predicted octanol–water partition coefficient (Wildman–Crippen LogP) is -0.313. The molecule has 0 aliphatic rings. The number of aryl methyl sites for hydroxylation is 1. The van der Waals surface area contributed by atoms with Crippen LogP contribution < -0.4 is 10.7 Å². The minimum atomic E-state index is -0.478. The minimum Gasteiger partial charge on any atom is -0.364 e. The van der Waals surface area contributed by atoms with Crippen molar-refractivity contribution in [1.82, 2.24) is 30.9 Å². The van der Waals surface area contributed by atoms with Crippen molar-refractivity contribution in [1.29, 1.82) is 0 Å². The summed E-state index contributed by atoms with van der Waals surface area (Å²) in [5.74, 6) is -0.125. The number of hydrogen-bond donors (Lipinski definition) is 3. The molecule has 0 aromatic carbocycles. The Bertz CT molecular complexity index is 603. The maximum Gasteiger partial charge on any atom is 0.257 e. The number of nitrogens with one attached hydrogen (secondary N) is 3. The van der Waals surface area contributed by atoms with Crippen LogP contribution in [0.1, 0.15) is 34.8 Å². The molecule has 1 amide bonds. The summed E-state index contributed by atoms with van der Waals surface area (Å²) in [5.41, 5.74) is 0.419. The van der Waals surface area contributed by atoms with Gasteiger partial charge in [0.15, 0.2) is 11.3 Å². The fraction of sp³-hybridized carbons (Fsp3) is 0.300. The van der Waals surface area contributed by atoms with Crippen LogP contribution in [0.4, 0.5) is 0 Å². The van der Waals surface area contributed by atoms with E-state index in [2.05, 4.69) is 30.9 Å². The van der Waals surface area contributed by atoms with Crippen LogP contribution in [0.2, 0.25) is 0 Å². The summed E-state index contributed by atoms with van der Waals surface area (Å²) >= 11 is 0. The molecule has 1 unspecified atom stereocenters. The number of pyridine rings is 1. The highest BCUT2D eigenvalue weighted by molar-refractivity contribution is 5.93. The molecule has 8 heteroatoms. The number of aromatic amines is 2. The molecule has 0 saturated heterocycles. The van der Waals surface area contributed by atoms with Gasteiger partial charge < -0.3 is 10.3 Å². The topological polar surface area (TPSA) is 116 Å². The molecule has 18 heavy (non-hydrogen) atoms. The van der Waals surface area contributed by atoms with E-state index < -0.39 is 11.9 Å². The second-order valence-corrected chi connectivity index (χ2v) is 3.86. The van der Waals surface area contributed by atoms with E-state index in [1.807, 2.05) is 0 Å². The van der Waals surface area contributed by atoms with Gasteiger partial charge in [-0.1, -0.05) is 5.21 Å². The van der Waals surface area contributed by atoms with Gasteiger partial charge in [-0.05, 0) is 13.8 Å². The molecule has 8 nitrogen and oxygen atoms in total. The van der Waals surface area contributed by atoms with Crippen molar-refractivity contribution >= 4 is 5.91 Å². The van der Waals surface area contributed by atoms with Gasteiger partial charge >= 0.3 is 0 Å². The Labute approximate surface area is 102 Å². The van der Waals surface area contributed by atoms with Crippen LogP contribution in [0, 0.1) is 6.92 Å². The molecule has 0 spiro atoms. The predicted molar refractivity (Wildman–Crippen MR) is 61.9 cm³/mol. The van der Waals surface area contributed by atoms with Crippen LogP contribution in [0.3, 0.4) is 0 Å². The maximum absolute atomic E-state index is 11.9. The zero-order valence-electron chi connectivity index (χ0n) is 9.89. The zero-order chi connectivity index (χ0) is 13.1. The molecule has 0 radical (unpaired) electrons. The second-order valence-electron chi connectivity index (χ2n) is 3.86. The molecule has 0 fully saturated rings. The van der Waals surface area contributed by atoms with Crippen molar-refractivity contribution in [3.05, 3.63) is 39.6 Å². The smallest absolute Gasteiger partial charge is 0.257 e. The largest absolute Gasteiger partial charge is 0.364 e. The minimum absolute atomic E-state index is 0.0518. The van der Waals surface area contributed by atoms with E-state index in [0.29, 0.717) is 11.5 Å². The number of tetrazole rings is 1. The molecule has 94 valence electrons. The second kappa shape index (κ2) is 4.78. The molecule has 2 aromatic rings. The molecule has 2 aromatic heterocycles. The van der Waals surface area contributed by atoms with E-state index in [0.717, 1.165) is 0 Å². The number of rotatable bonds is 3. The van der Waals surface area contributed by atoms with Crippen molar-refractivity contribution in [2.24, 2.45) is 0 Å². The summed E-state index contributed by atoms with van der Waals surface area (Å²) in [6.07, 6.45) is 1.38. The molecular formula is C10H12N6O2.